The first kappa shape index (κ1) is 18.5. The highest BCUT2D eigenvalue weighted by Gasteiger charge is 2.16. The number of carbonyl (C=O) groups is 2. The second kappa shape index (κ2) is 8.32. The molecular weight excluding hydrogens is 324 g/mol. The summed E-state index contributed by atoms with van der Waals surface area (Å²) in [6.45, 7) is 5.70. The third-order valence-corrected chi connectivity index (χ3v) is 3.48. The van der Waals surface area contributed by atoms with Crippen molar-refractivity contribution in [3.8, 4) is 5.75 Å². The third-order valence-electron chi connectivity index (χ3n) is 3.48. The van der Waals surface area contributed by atoms with Crippen LogP contribution < -0.4 is 15.7 Å². The maximum Gasteiger partial charge on any atom is 0.336 e. The van der Waals surface area contributed by atoms with Crippen LogP contribution in [0, 0.1) is 0 Å². The molecule has 1 aromatic heterocycles. The molecule has 0 saturated carbocycles. The summed E-state index contributed by atoms with van der Waals surface area (Å²) in [5.74, 6) is -0.0911. The minimum atomic E-state index is -0.450. The quantitative estimate of drug-likeness (QED) is 0.768. The molecule has 7 heteroatoms. The number of ether oxygens (including phenoxy) is 1. The van der Waals surface area contributed by atoms with Gasteiger partial charge >= 0.3 is 5.63 Å². The number of fused-ring (bicyclic) bond motifs is 1. The van der Waals surface area contributed by atoms with Crippen LogP contribution in [0.5, 0.6) is 5.75 Å². The van der Waals surface area contributed by atoms with Crippen molar-refractivity contribution < 1.29 is 18.7 Å². The number of rotatable bonds is 7. The number of nitrogens with zero attached hydrogens (tertiary/aromatic N) is 1. The van der Waals surface area contributed by atoms with Gasteiger partial charge in [-0.15, -0.1) is 0 Å². The molecule has 0 spiro atoms. The molecule has 0 bridgehead atoms. The van der Waals surface area contributed by atoms with Gasteiger partial charge in [-0.3, -0.25) is 9.59 Å². The molecule has 0 atom stereocenters. The van der Waals surface area contributed by atoms with E-state index in [0.717, 1.165) is 5.39 Å². The number of benzene rings is 1. The van der Waals surface area contributed by atoms with E-state index in [2.05, 4.69) is 5.32 Å². The molecular formula is C18H22N2O5. The predicted octanol–water partition coefficient (Wildman–Crippen LogP) is 1.54. The predicted molar refractivity (Wildman–Crippen MR) is 93.5 cm³/mol. The average Bonchev–Trinajstić information content (AvgIpc) is 2.56. The number of amides is 2. The fourth-order valence-corrected chi connectivity index (χ4v) is 2.28. The Hall–Kier alpha value is -2.83. The van der Waals surface area contributed by atoms with Crippen LogP contribution in [-0.2, 0) is 9.59 Å². The molecule has 0 aliphatic carbocycles. The van der Waals surface area contributed by atoms with Gasteiger partial charge in [0.2, 0.25) is 5.91 Å². The second-order valence-electron chi connectivity index (χ2n) is 5.87. The van der Waals surface area contributed by atoms with Gasteiger partial charge in [-0.05, 0) is 39.0 Å². The first-order valence-electron chi connectivity index (χ1n) is 8.13. The summed E-state index contributed by atoms with van der Waals surface area (Å²) >= 11 is 0. The van der Waals surface area contributed by atoms with E-state index in [1.54, 1.807) is 31.2 Å². The van der Waals surface area contributed by atoms with Gasteiger partial charge in [-0.25, -0.2) is 4.79 Å². The zero-order valence-corrected chi connectivity index (χ0v) is 14.6. The summed E-state index contributed by atoms with van der Waals surface area (Å²) in [7, 11) is 0. The lowest BCUT2D eigenvalue weighted by atomic mass is 10.2. The fraction of sp³-hybridized carbons (Fsp3) is 0.389. The van der Waals surface area contributed by atoms with Crippen molar-refractivity contribution in [2.45, 2.75) is 26.8 Å². The first-order valence-corrected chi connectivity index (χ1v) is 8.13. The summed E-state index contributed by atoms with van der Waals surface area (Å²) in [6.07, 6.45) is 0. The van der Waals surface area contributed by atoms with E-state index >= 15 is 0 Å². The Morgan fingerprint density at radius 1 is 1.24 bits per heavy atom. The van der Waals surface area contributed by atoms with Crippen molar-refractivity contribution in [3.63, 3.8) is 0 Å². The second-order valence-corrected chi connectivity index (χ2v) is 5.87. The number of likely N-dealkylation sites (N-methyl/N-ethyl adjacent to an activating group) is 1. The van der Waals surface area contributed by atoms with Gasteiger partial charge in [0.05, 0.1) is 6.54 Å². The standard InChI is InChI=1S/C18H22N2O5/c1-4-20(10-16(21)19-12(2)3)17(22)11-24-14-7-5-13-6-8-18(23)25-15(13)9-14/h5-9,12H,4,10-11H2,1-3H3,(H,19,21). The highest BCUT2D eigenvalue weighted by Crippen LogP contribution is 2.19. The van der Waals surface area contributed by atoms with E-state index < -0.39 is 5.63 Å². The molecule has 1 aromatic carbocycles. The summed E-state index contributed by atoms with van der Waals surface area (Å²) in [4.78, 5) is 36.7. The molecule has 7 nitrogen and oxygen atoms in total. The number of hydrogen-bond acceptors (Lipinski definition) is 5. The Labute approximate surface area is 145 Å². The Kier molecular flexibility index (Phi) is 6.16. The fourth-order valence-electron chi connectivity index (χ4n) is 2.28. The highest BCUT2D eigenvalue weighted by molar-refractivity contribution is 5.85. The minimum Gasteiger partial charge on any atom is -0.484 e. The molecule has 2 rings (SSSR count). The lowest BCUT2D eigenvalue weighted by molar-refractivity contribution is -0.137. The molecule has 0 radical (unpaired) electrons. The number of hydrogen-bond donors (Lipinski definition) is 1. The summed E-state index contributed by atoms with van der Waals surface area (Å²) in [5.41, 5.74) is -0.0600. The normalized spacial score (nSPS) is 10.7. The Morgan fingerprint density at radius 2 is 1.96 bits per heavy atom. The van der Waals surface area contributed by atoms with E-state index in [4.69, 9.17) is 9.15 Å². The van der Waals surface area contributed by atoms with E-state index in [1.807, 2.05) is 13.8 Å². The maximum absolute atomic E-state index is 12.2. The van der Waals surface area contributed by atoms with Gasteiger partial charge in [-0.1, -0.05) is 0 Å². The summed E-state index contributed by atoms with van der Waals surface area (Å²) < 4.78 is 10.6. The molecule has 0 aliphatic rings. The number of carbonyl (C=O) groups excluding carboxylic acids is 2. The first-order chi connectivity index (χ1) is 11.9. The van der Waals surface area contributed by atoms with Crippen LogP contribution >= 0.6 is 0 Å². The van der Waals surface area contributed by atoms with Crippen molar-refractivity contribution in [1.82, 2.24) is 10.2 Å². The van der Waals surface area contributed by atoms with E-state index in [9.17, 15) is 14.4 Å². The molecule has 0 fully saturated rings. The van der Waals surface area contributed by atoms with Crippen molar-refractivity contribution in [3.05, 3.63) is 40.8 Å². The molecule has 0 aliphatic heterocycles. The van der Waals surface area contributed by atoms with Crippen molar-refractivity contribution in [2.75, 3.05) is 19.7 Å². The van der Waals surface area contributed by atoms with E-state index in [0.29, 0.717) is 17.9 Å². The lowest BCUT2D eigenvalue weighted by Gasteiger charge is -2.21. The molecule has 2 aromatic rings. The van der Waals surface area contributed by atoms with Crippen molar-refractivity contribution in [1.29, 1.82) is 0 Å². The van der Waals surface area contributed by atoms with Crippen LogP contribution in [0.4, 0.5) is 0 Å². The van der Waals surface area contributed by atoms with Gasteiger partial charge in [0.25, 0.3) is 5.91 Å². The monoisotopic (exact) mass is 346 g/mol. The van der Waals surface area contributed by atoms with Crippen LogP contribution in [0.15, 0.2) is 39.5 Å². The van der Waals surface area contributed by atoms with Crippen molar-refractivity contribution in [2.24, 2.45) is 0 Å². The van der Waals surface area contributed by atoms with E-state index in [1.165, 1.54) is 11.0 Å². The van der Waals surface area contributed by atoms with Crippen LogP contribution in [0.25, 0.3) is 11.0 Å². The van der Waals surface area contributed by atoms with Gasteiger partial charge < -0.3 is 19.4 Å². The van der Waals surface area contributed by atoms with Crippen LogP contribution in [0.2, 0.25) is 0 Å². The van der Waals surface area contributed by atoms with E-state index in [-0.39, 0.29) is 31.0 Å². The number of nitrogens with one attached hydrogen (secondary N) is 1. The Bertz CT molecular complexity index is 812. The van der Waals surface area contributed by atoms with Gasteiger partial charge in [0, 0.05) is 30.1 Å². The molecule has 25 heavy (non-hydrogen) atoms. The third kappa shape index (κ3) is 5.34. The maximum atomic E-state index is 12.2. The summed E-state index contributed by atoms with van der Waals surface area (Å²) in [6, 6.07) is 8.01. The average molecular weight is 346 g/mol. The van der Waals surface area contributed by atoms with Crippen LogP contribution in [0.3, 0.4) is 0 Å². The highest BCUT2D eigenvalue weighted by atomic mass is 16.5. The largest absolute Gasteiger partial charge is 0.484 e. The SMILES string of the molecule is CCN(CC(=O)NC(C)C)C(=O)COc1ccc2ccc(=O)oc2c1. The molecule has 2 amide bonds. The van der Waals surface area contributed by atoms with Crippen molar-refractivity contribution >= 4 is 22.8 Å². The van der Waals surface area contributed by atoms with Gasteiger partial charge in [-0.2, -0.15) is 0 Å². The molecule has 1 heterocycles. The summed E-state index contributed by atoms with van der Waals surface area (Å²) in [5, 5.41) is 3.51. The van der Waals surface area contributed by atoms with Crippen LogP contribution in [0.1, 0.15) is 20.8 Å². The smallest absolute Gasteiger partial charge is 0.336 e. The van der Waals surface area contributed by atoms with Gasteiger partial charge in [0.1, 0.15) is 11.3 Å². The molecule has 0 saturated heterocycles. The van der Waals surface area contributed by atoms with Gasteiger partial charge in [0.15, 0.2) is 6.61 Å². The zero-order chi connectivity index (χ0) is 18.4. The molecule has 0 unspecified atom stereocenters. The van der Waals surface area contributed by atoms with Crippen LogP contribution in [-0.4, -0.2) is 42.5 Å². The minimum absolute atomic E-state index is 0.0104. The molecule has 134 valence electrons. The molecule has 1 N–H and O–H groups in total. The zero-order valence-electron chi connectivity index (χ0n) is 14.6. The topological polar surface area (TPSA) is 88.9 Å². The lowest BCUT2D eigenvalue weighted by Crippen LogP contribution is -2.44. The Balaban J connectivity index is 1.98. The Morgan fingerprint density at radius 3 is 2.64 bits per heavy atom.